The maximum absolute atomic E-state index is 13.1. The van der Waals surface area contributed by atoms with E-state index in [9.17, 15) is 4.79 Å². The molecule has 154 valence electrons. The first-order chi connectivity index (χ1) is 14.5. The minimum absolute atomic E-state index is 0.0864. The third-order valence-electron chi connectivity index (χ3n) is 6.24. The van der Waals surface area contributed by atoms with Gasteiger partial charge in [0.2, 0.25) is 0 Å². The second-order valence-electron chi connectivity index (χ2n) is 8.39. The first kappa shape index (κ1) is 18.7. The second-order valence-corrected chi connectivity index (χ2v) is 8.39. The van der Waals surface area contributed by atoms with Gasteiger partial charge in [-0.15, -0.1) is 0 Å². The number of H-pyrrole nitrogens is 1. The minimum atomic E-state index is 0.0864. The number of amides is 1. The molecule has 5 rings (SSSR count). The summed E-state index contributed by atoms with van der Waals surface area (Å²) in [6.45, 7) is 3.59. The van der Waals surface area contributed by atoms with Crippen molar-refractivity contribution < 1.29 is 4.79 Å². The number of para-hydroxylation sites is 2. The molecule has 30 heavy (non-hydrogen) atoms. The quantitative estimate of drug-likeness (QED) is 0.555. The Morgan fingerprint density at radius 3 is 2.63 bits per heavy atom. The summed E-state index contributed by atoms with van der Waals surface area (Å²) in [6.07, 6.45) is 1.88. The number of aromatic nitrogens is 3. The largest absolute Gasteiger partial charge is 0.378 e. The van der Waals surface area contributed by atoms with Gasteiger partial charge in [0.05, 0.1) is 11.0 Å². The highest BCUT2D eigenvalue weighted by atomic mass is 16.2. The fraction of sp³-hybridized carbons (Fsp3) is 0.333. The van der Waals surface area contributed by atoms with E-state index in [1.54, 1.807) is 0 Å². The molecule has 0 unspecified atom stereocenters. The number of hydrogen-bond donors (Lipinski definition) is 1. The predicted octanol–water partition coefficient (Wildman–Crippen LogP) is 4.37. The van der Waals surface area contributed by atoms with Gasteiger partial charge in [0.15, 0.2) is 0 Å². The number of hydrogen-bond acceptors (Lipinski definition) is 3. The van der Waals surface area contributed by atoms with Crippen LogP contribution in [0.2, 0.25) is 0 Å². The monoisotopic (exact) mass is 401 g/mol. The molecule has 2 aromatic carbocycles. The summed E-state index contributed by atoms with van der Waals surface area (Å²) in [4.78, 5) is 25.2. The van der Waals surface area contributed by atoms with Crippen LogP contribution in [0.15, 0.2) is 48.5 Å². The van der Waals surface area contributed by atoms with E-state index in [-0.39, 0.29) is 5.91 Å². The van der Waals surface area contributed by atoms with Crippen LogP contribution in [0.25, 0.3) is 21.9 Å². The second kappa shape index (κ2) is 7.20. The molecule has 0 atom stereocenters. The van der Waals surface area contributed by atoms with Crippen LogP contribution >= 0.6 is 0 Å². The van der Waals surface area contributed by atoms with Crippen LogP contribution in [0.4, 0.5) is 5.69 Å². The van der Waals surface area contributed by atoms with E-state index in [1.807, 2.05) is 31.1 Å². The van der Waals surface area contributed by atoms with Gasteiger partial charge in [0.25, 0.3) is 5.91 Å². The van der Waals surface area contributed by atoms with Crippen LogP contribution < -0.4 is 4.90 Å². The lowest BCUT2D eigenvalue weighted by atomic mass is 10.0. The molecule has 0 radical (unpaired) electrons. The molecule has 1 fully saturated rings. The fourth-order valence-corrected chi connectivity index (χ4v) is 4.63. The fourth-order valence-electron chi connectivity index (χ4n) is 4.63. The van der Waals surface area contributed by atoms with Gasteiger partial charge in [-0.05, 0) is 50.1 Å². The Labute approximate surface area is 176 Å². The van der Waals surface area contributed by atoms with Gasteiger partial charge in [-0.2, -0.15) is 0 Å². The number of piperidine rings is 1. The Morgan fingerprint density at radius 2 is 1.87 bits per heavy atom. The average molecular weight is 402 g/mol. The van der Waals surface area contributed by atoms with E-state index < -0.39 is 0 Å². The summed E-state index contributed by atoms with van der Waals surface area (Å²) in [5, 5.41) is 1.07. The molecule has 0 saturated carbocycles. The van der Waals surface area contributed by atoms with E-state index >= 15 is 0 Å². The summed E-state index contributed by atoms with van der Waals surface area (Å²) in [5.74, 6) is 1.14. The SMILES string of the molecule is Cc1nc2ccccc2n1C1CCN(C(=O)c2cc3ccc(N(C)C)cc3[nH]2)CC1. The maximum Gasteiger partial charge on any atom is 0.270 e. The van der Waals surface area contributed by atoms with Crippen molar-refractivity contribution in [3.8, 4) is 0 Å². The molecule has 0 bridgehead atoms. The minimum Gasteiger partial charge on any atom is -0.378 e. The molecular formula is C24H27N5O. The zero-order valence-corrected chi connectivity index (χ0v) is 17.7. The Kier molecular flexibility index (Phi) is 4.50. The molecule has 4 aromatic rings. The third-order valence-corrected chi connectivity index (χ3v) is 6.24. The highest BCUT2D eigenvalue weighted by molar-refractivity contribution is 5.98. The van der Waals surface area contributed by atoms with Crippen LogP contribution in [0.5, 0.6) is 0 Å². The van der Waals surface area contributed by atoms with Crippen molar-refractivity contribution in [3.63, 3.8) is 0 Å². The molecule has 3 heterocycles. The number of benzene rings is 2. The lowest BCUT2D eigenvalue weighted by Crippen LogP contribution is -2.39. The number of anilines is 1. The lowest BCUT2D eigenvalue weighted by Gasteiger charge is -2.33. The van der Waals surface area contributed by atoms with E-state index in [0.29, 0.717) is 11.7 Å². The van der Waals surface area contributed by atoms with Crippen molar-refractivity contribution in [3.05, 3.63) is 60.0 Å². The van der Waals surface area contributed by atoms with Crippen LogP contribution in [0.3, 0.4) is 0 Å². The smallest absolute Gasteiger partial charge is 0.270 e. The van der Waals surface area contributed by atoms with Gasteiger partial charge in [0.1, 0.15) is 11.5 Å². The molecule has 1 aliphatic rings. The number of nitrogens with one attached hydrogen (secondary N) is 1. The number of nitrogens with zero attached hydrogens (tertiary/aromatic N) is 4. The highest BCUT2D eigenvalue weighted by Gasteiger charge is 2.27. The summed E-state index contributed by atoms with van der Waals surface area (Å²) < 4.78 is 2.35. The predicted molar refractivity (Wildman–Crippen MR) is 121 cm³/mol. The van der Waals surface area contributed by atoms with Crippen LogP contribution in [0, 0.1) is 6.92 Å². The first-order valence-electron chi connectivity index (χ1n) is 10.5. The number of rotatable bonds is 3. The van der Waals surface area contributed by atoms with Gasteiger partial charge in [0, 0.05) is 49.8 Å². The normalized spacial score (nSPS) is 15.2. The number of aromatic amines is 1. The topological polar surface area (TPSA) is 57.2 Å². The maximum atomic E-state index is 13.1. The van der Waals surface area contributed by atoms with Gasteiger partial charge in [-0.1, -0.05) is 18.2 Å². The van der Waals surface area contributed by atoms with Crippen molar-refractivity contribution in [2.75, 3.05) is 32.1 Å². The van der Waals surface area contributed by atoms with Crippen molar-refractivity contribution in [1.29, 1.82) is 0 Å². The third kappa shape index (κ3) is 3.12. The molecule has 2 aromatic heterocycles. The van der Waals surface area contributed by atoms with Crippen molar-refractivity contribution in [2.24, 2.45) is 0 Å². The van der Waals surface area contributed by atoms with Crippen LogP contribution in [-0.2, 0) is 0 Å². The molecule has 1 N–H and O–H groups in total. The molecule has 6 nitrogen and oxygen atoms in total. The highest BCUT2D eigenvalue weighted by Crippen LogP contribution is 2.29. The molecule has 1 saturated heterocycles. The standard InChI is InChI=1S/C24H27N5O/c1-16-25-20-6-4-5-7-23(20)29(16)18-10-12-28(13-11-18)24(30)22-14-17-8-9-19(27(2)3)15-21(17)26-22/h4-9,14-15,18,26H,10-13H2,1-3H3. The number of carbonyl (C=O) groups is 1. The lowest BCUT2D eigenvalue weighted by molar-refractivity contribution is 0.0690. The molecule has 1 aliphatic heterocycles. The molecule has 0 spiro atoms. The van der Waals surface area contributed by atoms with E-state index in [4.69, 9.17) is 4.98 Å². The van der Waals surface area contributed by atoms with E-state index in [1.165, 1.54) is 5.52 Å². The first-order valence-corrected chi connectivity index (χ1v) is 10.5. The molecular weight excluding hydrogens is 374 g/mol. The Balaban J connectivity index is 1.33. The zero-order chi connectivity index (χ0) is 20.8. The van der Waals surface area contributed by atoms with Crippen molar-refractivity contribution >= 4 is 33.5 Å². The van der Waals surface area contributed by atoms with E-state index in [2.05, 4.69) is 57.8 Å². The van der Waals surface area contributed by atoms with Gasteiger partial charge in [-0.3, -0.25) is 4.79 Å². The number of imidazole rings is 1. The van der Waals surface area contributed by atoms with Gasteiger partial charge < -0.3 is 19.4 Å². The Bertz CT molecular complexity index is 1230. The summed E-state index contributed by atoms with van der Waals surface area (Å²) >= 11 is 0. The number of carbonyl (C=O) groups excluding carboxylic acids is 1. The molecule has 6 heteroatoms. The number of likely N-dealkylation sites (tertiary alicyclic amines) is 1. The zero-order valence-electron chi connectivity index (χ0n) is 17.7. The van der Waals surface area contributed by atoms with Gasteiger partial charge >= 0.3 is 0 Å². The number of aryl methyl sites for hydroxylation is 1. The summed E-state index contributed by atoms with van der Waals surface area (Å²) in [5.41, 5.74) is 5.02. The van der Waals surface area contributed by atoms with Crippen molar-refractivity contribution in [1.82, 2.24) is 19.4 Å². The summed E-state index contributed by atoms with van der Waals surface area (Å²) in [6, 6.07) is 16.9. The average Bonchev–Trinajstić information content (AvgIpc) is 3.32. The Hall–Kier alpha value is -3.28. The van der Waals surface area contributed by atoms with Crippen LogP contribution in [-0.4, -0.2) is 52.5 Å². The molecule has 1 amide bonds. The Morgan fingerprint density at radius 1 is 1.10 bits per heavy atom. The number of fused-ring (bicyclic) bond motifs is 2. The van der Waals surface area contributed by atoms with Gasteiger partial charge in [-0.25, -0.2) is 4.98 Å². The van der Waals surface area contributed by atoms with Crippen LogP contribution in [0.1, 0.15) is 35.2 Å². The molecule has 0 aliphatic carbocycles. The van der Waals surface area contributed by atoms with E-state index in [0.717, 1.165) is 53.9 Å². The summed E-state index contributed by atoms with van der Waals surface area (Å²) in [7, 11) is 4.04. The van der Waals surface area contributed by atoms with Crippen molar-refractivity contribution in [2.45, 2.75) is 25.8 Å².